The summed E-state index contributed by atoms with van der Waals surface area (Å²) in [5.41, 5.74) is -1.19. The van der Waals surface area contributed by atoms with Gasteiger partial charge in [-0.15, -0.1) is 0 Å². The number of rotatable bonds is 3. The van der Waals surface area contributed by atoms with E-state index in [4.69, 9.17) is 0 Å². The van der Waals surface area contributed by atoms with Crippen molar-refractivity contribution in [1.29, 1.82) is 0 Å². The summed E-state index contributed by atoms with van der Waals surface area (Å²) < 4.78 is 9.84. The van der Waals surface area contributed by atoms with Crippen LogP contribution >= 0.6 is 7.60 Å². The van der Waals surface area contributed by atoms with Crippen molar-refractivity contribution in [2.24, 2.45) is 0 Å². The molecule has 0 spiro atoms. The number of hydrogen-bond donors (Lipinski definition) is 0. The molecule has 0 aromatic heterocycles. The van der Waals surface area contributed by atoms with E-state index < -0.39 is 13.1 Å². The molecule has 0 saturated carbocycles. The minimum absolute atomic E-state index is 0. The van der Waals surface area contributed by atoms with Crippen LogP contribution in [0.2, 0.25) is 0 Å². The molecule has 0 rings (SSSR count). The third kappa shape index (κ3) is 9.74. The first-order valence-electron chi connectivity index (χ1n) is 2.54. The van der Waals surface area contributed by atoms with E-state index in [1.165, 1.54) is 0 Å². The van der Waals surface area contributed by atoms with E-state index in [0.717, 1.165) is 0 Å². The van der Waals surface area contributed by atoms with Gasteiger partial charge < -0.3 is 14.4 Å². The molecule has 0 aliphatic rings. The van der Waals surface area contributed by atoms with Gasteiger partial charge in [-0.1, -0.05) is 6.92 Å². The van der Waals surface area contributed by atoms with Crippen molar-refractivity contribution in [3.05, 3.63) is 0 Å². The molecular weight excluding hydrogens is 189 g/mol. The third-order valence-electron chi connectivity index (χ3n) is 0.769. The predicted octanol–water partition coefficient (Wildman–Crippen LogP) is -6.77. The topological polar surface area (TPSA) is 80.3 Å². The monoisotopic (exact) mass is 196 g/mol. The fraction of sp³-hybridized carbons (Fsp3) is 0.750. The van der Waals surface area contributed by atoms with Crippen molar-refractivity contribution in [3.63, 3.8) is 0 Å². The molecule has 0 unspecified atom stereocenters. The van der Waals surface area contributed by atoms with E-state index in [2.05, 4.69) is 0 Å². The van der Waals surface area contributed by atoms with Crippen LogP contribution in [0.15, 0.2) is 0 Å². The van der Waals surface area contributed by atoms with Crippen LogP contribution in [0.4, 0.5) is 0 Å². The smallest absolute Gasteiger partial charge is 0.805 e. The largest absolute Gasteiger partial charge is 1.00 e. The zero-order valence-corrected chi connectivity index (χ0v) is 11.9. The molecule has 0 bridgehead atoms. The summed E-state index contributed by atoms with van der Waals surface area (Å²) in [7, 11) is -4.91. The molecule has 0 saturated heterocycles. The number of hydrogen-bond acceptors (Lipinski definition) is 4. The van der Waals surface area contributed by atoms with Crippen molar-refractivity contribution in [2.75, 3.05) is 0 Å². The van der Waals surface area contributed by atoms with Crippen LogP contribution < -0.4 is 68.9 Å². The van der Waals surface area contributed by atoms with Crippen molar-refractivity contribution in [2.45, 2.75) is 19.8 Å². The maximum absolute atomic E-state index is 10.2. The maximum Gasteiger partial charge on any atom is 1.00 e. The molecule has 0 aromatic rings. The number of carbonyl (C=O) groups is 1. The van der Waals surface area contributed by atoms with Crippen molar-refractivity contribution >= 4 is 13.1 Å². The Kier molecular flexibility index (Phi) is 14.2. The first kappa shape index (κ1) is 18.6. The number of carbonyl (C=O) groups excluding carboxylic acids is 1. The molecule has 0 heterocycles. The van der Waals surface area contributed by atoms with Gasteiger partial charge in [0.15, 0.2) is 5.52 Å². The third-order valence-corrected chi connectivity index (χ3v) is 1.60. The van der Waals surface area contributed by atoms with Crippen molar-refractivity contribution in [1.82, 2.24) is 0 Å². The normalized spacial score (nSPS) is 9.36. The van der Waals surface area contributed by atoms with E-state index in [-0.39, 0.29) is 65.5 Å². The Labute approximate surface area is 110 Å². The molecule has 0 radical (unpaired) electrons. The minimum atomic E-state index is -4.91. The zero-order valence-electron chi connectivity index (χ0n) is 6.99. The van der Waals surface area contributed by atoms with E-state index in [1.807, 2.05) is 0 Å². The van der Waals surface area contributed by atoms with Gasteiger partial charge >= 0.3 is 59.1 Å². The molecule has 0 aliphatic carbocycles. The van der Waals surface area contributed by atoms with Gasteiger partial charge in [0, 0.05) is 14.0 Å². The quantitative estimate of drug-likeness (QED) is 0.332. The summed E-state index contributed by atoms with van der Waals surface area (Å²) in [4.78, 5) is 29.9. The molecule has 54 valence electrons. The van der Waals surface area contributed by atoms with Crippen LogP contribution in [0, 0.1) is 0 Å². The molecule has 0 aliphatic heterocycles. The van der Waals surface area contributed by atoms with Crippen LogP contribution in [0.25, 0.3) is 0 Å². The van der Waals surface area contributed by atoms with Crippen LogP contribution in [0.3, 0.4) is 0 Å². The van der Waals surface area contributed by atoms with Gasteiger partial charge in [0.1, 0.15) is 0 Å². The summed E-state index contributed by atoms with van der Waals surface area (Å²) >= 11 is 0. The van der Waals surface area contributed by atoms with Crippen molar-refractivity contribution in [3.8, 4) is 0 Å². The van der Waals surface area contributed by atoms with E-state index in [9.17, 15) is 19.1 Å². The molecule has 0 fully saturated rings. The standard InChI is InChI=1S/C4H9O4P.2Na/c1-2-3-4(5)9(6,7)8;;/h2-3H2,1H3,(H2,6,7,8);;/q;2*+1/p-2. The summed E-state index contributed by atoms with van der Waals surface area (Å²) in [6, 6.07) is 0. The molecule has 4 nitrogen and oxygen atoms in total. The molecule has 11 heavy (non-hydrogen) atoms. The van der Waals surface area contributed by atoms with Gasteiger partial charge in [-0.2, -0.15) is 0 Å². The van der Waals surface area contributed by atoms with Gasteiger partial charge in [0.2, 0.25) is 0 Å². The average Bonchev–Trinajstić information content (AvgIpc) is 1.64. The average molecular weight is 196 g/mol. The summed E-state index contributed by atoms with van der Waals surface area (Å²) in [5.74, 6) is 0. The Morgan fingerprint density at radius 2 is 1.73 bits per heavy atom. The summed E-state index contributed by atoms with van der Waals surface area (Å²) in [6.07, 6.45) is 0.234. The summed E-state index contributed by atoms with van der Waals surface area (Å²) in [5, 5.41) is 0. The van der Waals surface area contributed by atoms with Gasteiger partial charge in [0.25, 0.3) is 0 Å². The van der Waals surface area contributed by atoms with Crippen LogP contribution in [-0.2, 0) is 9.36 Å². The van der Waals surface area contributed by atoms with Gasteiger partial charge in [-0.3, -0.25) is 4.79 Å². The maximum atomic E-state index is 10.2. The first-order chi connectivity index (χ1) is 3.98. The van der Waals surface area contributed by atoms with Crippen molar-refractivity contribution < 1.29 is 78.3 Å². The van der Waals surface area contributed by atoms with Gasteiger partial charge in [-0.25, -0.2) is 0 Å². The fourth-order valence-electron chi connectivity index (χ4n) is 0.351. The van der Waals surface area contributed by atoms with E-state index in [1.54, 1.807) is 6.92 Å². The Bertz CT molecular complexity index is 154. The Morgan fingerprint density at radius 1 is 1.36 bits per heavy atom. The van der Waals surface area contributed by atoms with Gasteiger partial charge in [-0.05, 0) is 6.42 Å². The molecule has 0 amide bonds. The van der Waals surface area contributed by atoms with Crippen LogP contribution in [0.1, 0.15) is 19.8 Å². The molecule has 0 N–H and O–H groups in total. The molecule has 0 aromatic carbocycles. The predicted molar refractivity (Wildman–Crippen MR) is 27.5 cm³/mol. The second-order valence-electron chi connectivity index (χ2n) is 1.64. The SMILES string of the molecule is CCCC(=O)P(=O)([O-])[O-].[Na+].[Na+]. The Hall–Kier alpha value is 1.82. The Balaban J connectivity index is -0.000000320. The fourth-order valence-corrected chi connectivity index (χ4v) is 0.848. The second kappa shape index (κ2) is 8.42. The molecular formula is C4H7Na2O4P. The summed E-state index contributed by atoms with van der Waals surface area (Å²) in [6.45, 7) is 1.63. The molecule has 0 atom stereocenters. The second-order valence-corrected chi connectivity index (χ2v) is 3.13. The van der Waals surface area contributed by atoms with Gasteiger partial charge in [0.05, 0.1) is 0 Å². The van der Waals surface area contributed by atoms with Crippen LogP contribution in [-0.4, -0.2) is 5.52 Å². The zero-order chi connectivity index (χ0) is 7.49. The Morgan fingerprint density at radius 3 is 1.82 bits per heavy atom. The van der Waals surface area contributed by atoms with E-state index >= 15 is 0 Å². The first-order valence-corrected chi connectivity index (χ1v) is 4.08. The van der Waals surface area contributed by atoms with Crippen LogP contribution in [0.5, 0.6) is 0 Å². The minimum Gasteiger partial charge on any atom is -0.805 e. The van der Waals surface area contributed by atoms with E-state index in [0.29, 0.717) is 6.42 Å². The molecule has 7 heteroatoms.